The Bertz CT molecular complexity index is 355. The monoisotopic (exact) mass is 277 g/mol. The molecule has 0 aromatic rings. The highest BCUT2D eigenvalue weighted by Crippen LogP contribution is 2.18. The van der Waals surface area contributed by atoms with E-state index >= 15 is 0 Å². The van der Waals surface area contributed by atoms with Crippen LogP contribution >= 0.6 is 0 Å². The lowest BCUT2D eigenvalue weighted by atomic mass is 10.0. The van der Waals surface area contributed by atoms with Gasteiger partial charge in [0.2, 0.25) is 0 Å². The number of nitrogens with two attached hydrogens (primary N) is 1. The van der Waals surface area contributed by atoms with E-state index in [1.165, 1.54) is 0 Å². The van der Waals surface area contributed by atoms with Gasteiger partial charge in [0.15, 0.2) is 0 Å². The Labute approximate surface area is 109 Å². The van der Waals surface area contributed by atoms with Crippen LogP contribution in [0.25, 0.3) is 0 Å². The van der Waals surface area contributed by atoms with Gasteiger partial charge in [0, 0.05) is 32.3 Å². The number of hydrogen-bond donors (Lipinski definition) is 2. The van der Waals surface area contributed by atoms with Crippen LogP contribution in [0.2, 0.25) is 0 Å². The summed E-state index contributed by atoms with van der Waals surface area (Å²) in [6, 6.07) is 0.0157. The zero-order chi connectivity index (χ0) is 13.0. The van der Waals surface area contributed by atoms with Gasteiger partial charge < -0.3 is 10.5 Å². The highest BCUT2D eigenvalue weighted by atomic mass is 32.2. The van der Waals surface area contributed by atoms with E-state index in [4.69, 9.17) is 10.5 Å². The van der Waals surface area contributed by atoms with Crippen molar-refractivity contribution >= 4 is 10.2 Å². The Hall–Kier alpha value is -0.210. The Balaban J connectivity index is 1.92. The average molecular weight is 277 g/mol. The minimum absolute atomic E-state index is 0.0157. The van der Waals surface area contributed by atoms with Crippen molar-refractivity contribution in [2.24, 2.45) is 11.7 Å². The molecule has 2 aliphatic heterocycles. The van der Waals surface area contributed by atoms with Crippen LogP contribution in [0, 0.1) is 5.92 Å². The first-order valence-electron chi connectivity index (χ1n) is 6.67. The lowest BCUT2D eigenvalue weighted by molar-refractivity contribution is 0.0826. The minimum atomic E-state index is -3.35. The topological polar surface area (TPSA) is 84.7 Å². The van der Waals surface area contributed by atoms with E-state index in [9.17, 15) is 8.42 Å². The van der Waals surface area contributed by atoms with Crippen LogP contribution in [-0.2, 0) is 14.9 Å². The van der Waals surface area contributed by atoms with E-state index in [0.717, 1.165) is 25.7 Å². The van der Waals surface area contributed by atoms with Crippen LogP contribution in [0.1, 0.15) is 25.7 Å². The molecule has 6 nitrogen and oxygen atoms in total. The third kappa shape index (κ3) is 3.64. The summed E-state index contributed by atoms with van der Waals surface area (Å²) in [6.45, 7) is 2.99. The van der Waals surface area contributed by atoms with Gasteiger partial charge in [-0.2, -0.15) is 17.4 Å². The van der Waals surface area contributed by atoms with Crippen molar-refractivity contribution in [1.29, 1.82) is 0 Å². The molecule has 0 bridgehead atoms. The van der Waals surface area contributed by atoms with Crippen LogP contribution in [-0.4, -0.2) is 51.6 Å². The molecular weight excluding hydrogens is 254 g/mol. The number of rotatable bonds is 4. The fourth-order valence-electron chi connectivity index (χ4n) is 2.54. The molecule has 1 unspecified atom stereocenters. The highest BCUT2D eigenvalue weighted by molar-refractivity contribution is 7.87. The molecule has 2 rings (SSSR count). The smallest absolute Gasteiger partial charge is 0.279 e. The second-order valence-electron chi connectivity index (χ2n) is 5.11. The molecule has 7 heteroatoms. The number of nitrogens with zero attached hydrogens (tertiary/aromatic N) is 1. The average Bonchev–Trinajstić information content (AvgIpc) is 2.39. The summed E-state index contributed by atoms with van der Waals surface area (Å²) in [4.78, 5) is 0. The lowest BCUT2D eigenvalue weighted by Gasteiger charge is -2.33. The van der Waals surface area contributed by atoms with Gasteiger partial charge >= 0.3 is 0 Å². The van der Waals surface area contributed by atoms with Crippen LogP contribution in [0.15, 0.2) is 0 Å². The zero-order valence-corrected chi connectivity index (χ0v) is 11.5. The lowest BCUT2D eigenvalue weighted by Crippen LogP contribution is -2.50. The molecule has 0 radical (unpaired) electrons. The van der Waals surface area contributed by atoms with Crippen LogP contribution in [0.5, 0.6) is 0 Å². The second kappa shape index (κ2) is 6.29. The van der Waals surface area contributed by atoms with E-state index in [-0.39, 0.29) is 6.04 Å². The number of nitrogens with one attached hydrogen (secondary N) is 1. The molecule has 0 saturated carbocycles. The van der Waals surface area contributed by atoms with E-state index in [2.05, 4.69) is 4.72 Å². The molecule has 0 aliphatic carbocycles. The zero-order valence-electron chi connectivity index (χ0n) is 10.7. The van der Waals surface area contributed by atoms with Crippen molar-refractivity contribution in [2.45, 2.75) is 31.7 Å². The molecule has 2 fully saturated rings. The van der Waals surface area contributed by atoms with E-state index in [1.807, 2.05) is 0 Å². The quantitative estimate of drug-likeness (QED) is 0.737. The standard InChI is InChI=1S/C11H23N3O3S/c12-8-10-2-1-5-14(9-10)18(15,16)13-11-3-6-17-7-4-11/h10-11,13H,1-9,12H2. The molecule has 2 saturated heterocycles. The fraction of sp³-hybridized carbons (Fsp3) is 1.00. The van der Waals surface area contributed by atoms with Crippen LogP contribution in [0.3, 0.4) is 0 Å². The maximum Gasteiger partial charge on any atom is 0.279 e. The van der Waals surface area contributed by atoms with Crippen molar-refractivity contribution in [1.82, 2.24) is 9.03 Å². The first-order chi connectivity index (χ1) is 8.62. The van der Waals surface area contributed by atoms with Gasteiger partial charge in [-0.1, -0.05) is 0 Å². The molecule has 0 aromatic heterocycles. The summed E-state index contributed by atoms with van der Waals surface area (Å²) >= 11 is 0. The third-order valence-electron chi connectivity index (χ3n) is 3.69. The van der Waals surface area contributed by atoms with Crippen molar-refractivity contribution in [2.75, 3.05) is 32.8 Å². The van der Waals surface area contributed by atoms with E-state index < -0.39 is 10.2 Å². The molecule has 18 heavy (non-hydrogen) atoms. The Morgan fingerprint density at radius 1 is 1.28 bits per heavy atom. The Kier molecular flexibility index (Phi) is 4.97. The Morgan fingerprint density at radius 3 is 2.67 bits per heavy atom. The van der Waals surface area contributed by atoms with Gasteiger partial charge in [-0.05, 0) is 38.1 Å². The summed E-state index contributed by atoms with van der Waals surface area (Å²) in [7, 11) is -3.35. The highest BCUT2D eigenvalue weighted by Gasteiger charge is 2.30. The summed E-state index contributed by atoms with van der Waals surface area (Å²) in [5.41, 5.74) is 5.63. The van der Waals surface area contributed by atoms with Crippen molar-refractivity contribution in [3.63, 3.8) is 0 Å². The molecule has 2 heterocycles. The van der Waals surface area contributed by atoms with Gasteiger partial charge in [-0.3, -0.25) is 0 Å². The molecule has 3 N–H and O–H groups in total. The van der Waals surface area contributed by atoms with Crippen LogP contribution < -0.4 is 10.5 Å². The van der Waals surface area contributed by atoms with E-state index in [1.54, 1.807) is 4.31 Å². The maximum absolute atomic E-state index is 12.2. The molecule has 2 aliphatic rings. The molecule has 0 spiro atoms. The summed E-state index contributed by atoms with van der Waals surface area (Å²) in [5.74, 6) is 0.296. The van der Waals surface area contributed by atoms with Crippen molar-refractivity contribution in [3.05, 3.63) is 0 Å². The van der Waals surface area contributed by atoms with Gasteiger partial charge in [-0.25, -0.2) is 0 Å². The van der Waals surface area contributed by atoms with Crippen LogP contribution in [0.4, 0.5) is 0 Å². The SMILES string of the molecule is NCC1CCCN(S(=O)(=O)NC2CCOCC2)C1. The minimum Gasteiger partial charge on any atom is -0.381 e. The normalized spacial score (nSPS) is 28.4. The summed E-state index contributed by atoms with van der Waals surface area (Å²) < 4.78 is 34.1. The molecular formula is C11H23N3O3S. The number of ether oxygens (including phenoxy) is 1. The van der Waals surface area contributed by atoms with E-state index in [0.29, 0.717) is 38.8 Å². The first-order valence-corrected chi connectivity index (χ1v) is 8.11. The number of hydrogen-bond acceptors (Lipinski definition) is 4. The van der Waals surface area contributed by atoms with Gasteiger partial charge in [-0.15, -0.1) is 0 Å². The largest absolute Gasteiger partial charge is 0.381 e. The molecule has 1 atom stereocenters. The van der Waals surface area contributed by atoms with Crippen molar-refractivity contribution in [3.8, 4) is 0 Å². The molecule has 106 valence electrons. The van der Waals surface area contributed by atoms with Gasteiger partial charge in [0.1, 0.15) is 0 Å². The molecule has 0 amide bonds. The second-order valence-corrected chi connectivity index (χ2v) is 6.81. The third-order valence-corrected chi connectivity index (χ3v) is 5.33. The molecule has 0 aromatic carbocycles. The van der Waals surface area contributed by atoms with Crippen molar-refractivity contribution < 1.29 is 13.2 Å². The predicted molar refractivity (Wildman–Crippen MR) is 69.2 cm³/mol. The Morgan fingerprint density at radius 2 is 2.00 bits per heavy atom. The number of piperidine rings is 1. The fourth-order valence-corrected chi connectivity index (χ4v) is 4.12. The maximum atomic E-state index is 12.2. The van der Waals surface area contributed by atoms with Gasteiger partial charge in [0.05, 0.1) is 0 Å². The first kappa shape index (κ1) is 14.2. The predicted octanol–water partition coefficient (Wildman–Crippen LogP) is -0.329. The summed E-state index contributed by atoms with van der Waals surface area (Å²) in [6.07, 6.45) is 3.44. The summed E-state index contributed by atoms with van der Waals surface area (Å²) in [5, 5.41) is 0. The van der Waals surface area contributed by atoms with Gasteiger partial charge in [0.25, 0.3) is 10.2 Å².